The van der Waals surface area contributed by atoms with Crippen LogP contribution >= 0.6 is 0 Å². The van der Waals surface area contributed by atoms with Gasteiger partial charge in [-0.3, -0.25) is 9.89 Å². The van der Waals surface area contributed by atoms with E-state index in [2.05, 4.69) is 72.5 Å². The molecule has 2 unspecified atom stereocenters. The van der Waals surface area contributed by atoms with Gasteiger partial charge in [-0.15, -0.1) is 0 Å². The molecule has 2 N–H and O–H groups in total. The highest BCUT2D eigenvalue weighted by molar-refractivity contribution is 5.79. The third kappa shape index (κ3) is 6.67. The van der Waals surface area contributed by atoms with E-state index in [0.29, 0.717) is 18.1 Å². The van der Waals surface area contributed by atoms with Crippen LogP contribution in [0.4, 0.5) is 0 Å². The van der Waals surface area contributed by atoms with E-state index in [0.717, 1.165) is 38.7 Å². The lowest BCUT2D eigenvalue weighted by molar-refractivity contribution is -0.0212. The fourth-order valence-corrected chi connectivity index (χ4v) is 2.89. The number of rotatable bonds is 6. The highest BCUT2D eigenvalue weighted by Crippen LogP contribution is 2.12. The van der Waals surface area contributed by atoms with Gasteiger partial charge >= 0.3 is 0 Å². The predicted octanol–water partition coefficient (Wildman–Crippen LogP) is 2.62. The average Bonchev–Trinajstić information content (AvgIpc) is 2.58. The third-order valence-electron chi connectivity index (χ3n) is 4.77. The maximum Gasteiger partial charge on any atom is 0.191 e. The van der Waals surface area contributed by atoms with Gasteiger partial charge in [0.1, 0.15) is 0 Å². The largest absolute Gasteiger partial charge is 0.376 e. The van der Waals surface area contributed by atoms with E-state index in [1.807, 2.05) is 7.05 Å². The second-order valence-corrected chi connectivity index (χ2v) is 7.34. The molecule has 1 heterocycles. The van der Waals surface area contributed by atoms with E-state index in [1.54, 1.807) is 0 Å². The molecule has 0 amide bonds. The van der Waals surface area contributed by atoms with Crippen LogP contribution in [0.15, 0.2) is 29.3 Å². The molecule has 0 radical (unpaired) electrons. The van der Waals surface area contributed by atoms with Crippen LogP contribution in [-0.2, 0) is 17.8 Å². The first-order valence-electron chi connectivity index (χ1n) is 9.37. The molecule has 2 atom stereocenters. The summed E-state index contributed by atoms with van der Waals surface area (Å²) < 4.78 is 5.62. The Morgan fingerprint density at radius 3 is 2.76 bits per heavy atom. The van der Waals surface area contributed by atoms with Crippen molar-refractivity contribution in [3.05, 3.63) is 35.4 Å². The Labute approximate surface area is 152 Å². The number of guanidine groups is 1. The molecular formula is C20H34N4O. The van der Waals surface area contributed by atoms with Crippen LogP contribution < -0.4 is 10.6 Å². The van der Waals surface area contributed by atoms with Crippen LogP contribution in [0.25, 0.3) is 0 Å². The van der Waals surface area contributed by atoms with Crippen molar-refractivity contribution in [1.29, 1.82) is 0 Å². The average molecular weight is 347 g/mol. The highest BCUT2D eigenvalue weighted by Gasteiger charge is 2.16. The molecule has 5 heteroatoms. The van der Waals surface area contributed by atoms with Crippen LogP contribution in [0.3, 0.4) is 0 Å². The summed E-state index contributed by atoms with van der Waals surface area (Å²) in [4.78, 5) is 6.79. The van der Waals surface area contributed by atoms with Crippen LogP contribution in [-0.4, -0.2) is 49.7 Å². The first-order valence-corrected chi connectivity index (χ1v) is 9.37. The summed E-state index contributed by atoms with van der Waals surface area (Å²) in [6, 6.07) is 9.19. The number of nitrogens with one attached hydrogen (secondary N) is 2. The van der Waals surface area contributed by atoms with Gasteiger partial charge in [-0.2, -0.15) is 0 Å². The fourth-order valence-electron chi connectivity index (χ4n) is 2.89. The first-order chi connectivity index (χ1) is 12.0. The zero-order valence-electron chi connectivity index (χ0n) is 16.4. The molecule has 0 spiro atoms. The van der Waals surface area contributed by atoms with Crippen LogP contribution in [0, 0.1) is 5.92 Å². The normalized spacial score (nSPS) is 20.6. The van der Waals surface area contributed by atoms with Gasteiger partial charge in [0.25, 0.3) is 0 Å². The Bertz CT molecular complexity index is 558. The molecule has 5 nitrogen and oxygen atoms in total. The van der Waals surface area contributed by atoms with E-state index in [4.69, 9.17) is 4.74 Å². The van der Waals surface area contributed by atoms with Crippen LogP contribution in [0.1, 0.15) is 38.8 Å². The molecule has 1 fully saturated rings. The summed E-state index contributed by atoms with van der Waals surface area (Å²) in [5.41, 5.74) is 2.63. The standard InChI is InChI=1S/C20H34N4O/c1-15(2)17(4)23-20(21-5)22-12-18-7-6-8-19(11-18)14-24-9-10-25-16(3)13-24/h6-8,11,15-17H,9-10,12-14H2,1-5H3,(H2,21,22,23). The molecule has 0 aliphatic carbocycles. The van der Waals surface area contributed by atoms with Gasteiger partial charge in [0.2, 0.25) is 0 Å². The molecule has 0 saturated carbocycles. The Kier molecular flexibility index (Phi) is 7.72. The summed E-state index contributed by atoms with van der Waals surface area (Å²) in [7, 11) is 1.82. The SMILES string of the molecule is CN=C(NCc1cccc(CN2CCOC(C)C2)c1)NC(C)C(C)C. The van der Waals surface area contributed by atoms with Gasteiger partial charge in [-0.1, -0.05) is 38.1 Å². The van der Waals surface area contributed by atoms with E-state index in [9.17, 15) is 0 Å². The van der Waals surface area contributed by atoms with Gasteiger partial charge in [0.05, 0.1) is 12.7 Å². The predicted molar refractivity (Wildman–Crippen MR) is 105 cm³/mol. The summed E-state index contributed by atoms with van der Waals surface area (Å²) in [6.07, 6.45) is 0.330. The molecule has 2 rings (SSSR count). The van der Waals surface area contributed by atoms with Crippen LogP contribution in [0.2, 0.25) is 0 Å². The van der Waals surface area contributed by atoms with Crippen molar-refractivity contribution in [3.63, 3.8) is 0 Å². The molecular weight excluding hydrogens is 312 g/mol. The van der Waals surface area contributed by atoms with Gasteiger partial charge in [0, 0.05) is 39.3 Å². The summed E-state index contributed by atoms with van der Waals surface area (Å²) in [6.45, 7) is 13.4. The molecule has 0 aromatic heterocycles. The van der Waals surface area contributed by atoms with Crippen molar-refractivity contribution in [2.45, 2.75) is 52.9 Å². The molecule has 1 aromatic rings. The fraction of sp³-hybridized carbons (Fsp3) is 0.650. The Morgan fingerprint density at radius 2 is 2.08 bits per heavy atom. The Morgan fingerprint density at radius 1 is 1.32 bits per heavy atom. The number of aliphatic imine (C=N–C) groups is 1. The number of nitrogens with zero attached hydrogens (tertiary/aromatic N) is 2. The van der Waals surface area contributed by atoms with Crippen LogP contribution in [0.5, 0.6) is 0 Å². The number of ether oxygens (including phenoxy) is 1. The zero-order valence-corrected chi connectivity index (χ0v) is 16.4. The van der Waals surface area contributed by atoms with Gasteiger partial charge in [0.15, 0.2) is 5.96 Å². The Balaban J connectivity index is 1.88. The maximum absolute atomic E-state index is 5.62. The number of benzene rings is 1. The minimum atomic E-state index is 0.330. The molecule has 1 aliphatic rings. The van der Waals surface area contributed by atoms with Gasteiger partial charge < -0.3 is 15.4 Å². The van der Waals surface area contributed by atoms with Crippen molar-refractivity contribution in [2.24, 2.45) is 10.9 Å². The number of hydrogen-bond donors (Lipinski definition) is 2. The van der Waals surface area contributed by atoms with E-state index in [-0.39, 0.29) is 0 Å². The summed E-state index contributed by atoms with van der Waals surface area (Å²) >= 11 is 0. The minimum Gasteiger partial charge on any atom is -0.376 e. The van der Waals surface area contributed by atoms with Gasteiger partial charge in [-0.05, 0) is 30.9 Å². The minimum absolute atomic E-state index is 0.330. The van der Waals surface area contributed by atoms with E-state index >= 15 is 0 Å². The van der Waals surface area contributed by atoms with E-state index in [1.165, 1.54) is 11.1 Å². The van der Waals surface area contributed by atoms with Crippen molar-refractivity contribution >= 4 is 5.96 Å². The van der Waals surface area contributed by atoms with Crippen molar-refractivity contribution in [3.8, 4) is 0 Å². The van der Waals surface area contributed by atoms with E-state index < -0.39 is 0 Å². The molecule has 25 heavy (non-hydrogen) atoms. The molecule has 1 aliphatic heterocycles. The zero-order chi connectivity index (χ0) is 18.2. The quantitative estimate of drug-likeness (QED) is 0.614. The van der Waals surface area contributed by atoms with Crippen molar-refractivity contribution in [2.75, 3.05) is 26.7 Å². The van der Waals surface area contributed by atoms with Gasteiger partial charge in [-0.25, -0.2) is 0 Å². The molecule has 1 saturated heterocycles. The second kappa shape index (κ2) is 9.78. The number of hydrogen-bond acceptors (Lipinski definition) is 3. The lowest BCUT2D eigenvalue weighted by Crippen LogP contribution is -2.43. The smallest absolute Gasteiger partial charge is 0.191 e. The summed E-state index contributed by atoms with van der Waals surface area (Å²) in [5, 5.41) is 6.85. The third-order valence-corrected chi connectivity index (χ3v) is 4.77. The highest BCUT2D eigenvalue weighted by atomic mass is 16.5. The topological polar surface area (TPSA) is 48.9 Å². The van der Waals surface area contributed by atoms with Crippen molar-refractivity contribution in [1.82, 2.24) is 15.5 Å². The second-order valence-electron chi connectivity index (χ2n) is 7.34. The summed E-state index contributed by atoms with van der Waals surface area (Å²) in [5.74, 6) is 1.42. The molecule has 1 aromatic carbocycles. The molecule has 0 bridgehead atoms. The number of morpholine rings is 1. The lowest BCUT2D eigenvalue weighted by atomic mass is 10.1. The first kappa shape index (κ1) is 19.7. The lowest BCUT2D eigenvalue weighted by Gasteiger charge is -2.31. The molecule has 140 valence electrons. The monoisotopic (exact) mass is 346 g/mol. The Hall–Kier alpha value is -1.59. The van der Waals surface area contributed by atoms with Crippen molar-refractivity contribution < 1.29 is 4.74 Å². The maximum atomic E-state index is 5.62.